The van der Waals surface area contributed by atoms with Gasteiger partial charge in [-0.05, 0) is 55.9 Å². The first-order chi connectivity index (χ1) is 9.11. The number of halogens is 1. The van der Waals surface area contributed by atoms with Crippen molar-refractivity contribution in [2.45, 2.75) is 38.6 Å². The van der Waals surface area contributed by atoms with E-state index in [1.54, 1.807) is 7.11 Å². The van der Waals surface area contributed by atoms with Gasteiger partial charge in [-0.1, -0.05) is 15.9 Å². The van der Waals surface area contributed by atoms with Crippen LogP contribution in [-0.4, -0.2) is 25.7 Å². The van der Waals surface area contributed by atoms with Crippen molar-refractivity contribution in [3.05, 3.63) is 33.3 Å². The highest BCUT2D eigenvalue weighted by Crippen LogP contribution is 2.25. The zero-order valence-electron chi connectivity index (χ0n) is 11.5. The largest absolute Gasteiger partial charge is 0.385 e. The van der Waals surface area contributed by atoms with Gasteiger partial charge in [-0.25, -0.2) is 0 Å². The van der Waals surface area contributed by atoms with Crippen molar-refractivity contribution in [2.75, 3.05) is 13.7 Å². The lowest BCUT2D eigenvalue weighted by atomic mass is 10.0. The topological polar surface area (TPSA) is 38.3 Å². The van der Waals surface area contributed by atoms with Gasteiger partial charge in [0.25, 0.3) is 5.91 Å². The second-order valence-electron chi connectivity index (χ2n) is 5.09. The summed E-state index contributed by atoms with van der Waals surface area (Å²) in [7, 11) is 1.71. The third-order valence-electron chi connectivity index (χ3n) is 3.42. The van der Waals surface area contributed by atoms with Crippen LogP contribution in [0.15, 0.2) is 16.6 Å². The highest BCUT2D eigenvalue weighted by molar-refractivity contribution is 9.10. The van der Waals surface area contributed by atoms with Crippen molar-refractivity contribution >= 4 is 21.8 Å². The second kappa shape index (κ2) is 6.53. The Hall–Kier alpha value is -0.870. The number of hydrogen-bond donors (Lipinski definition) is 1. The number of nitrogens with one attached hydrogen (secondary N) is 1. The van der Waals surface area contributed by atoms with Gasteiger partial charge in [0.2, 0.25) is 0 Å². The molecule has 0 unspecified atom stereocenters. The van der Waals surface area contributed by atoms with Gasteiger partial charge < -0.3 is 10.1 Å². The molecule has 1 aromatic carbocycles. The van der Waals surface area contributed by atoms with E-state index in [0.29, 0.717) is 6.04 Å². The van der Waals surface area contributed by atoms with Crippen molar-refractivity contribution in [3.63, 3.8) is 0 Å². The molecule has 0 bridgehead atoms. The Morgan fingerprint density at radius 2 is 2.21 bits per heavy atom. The van der Waals surface area contributed by atoms with Crippen LogP contribution in [0, 0.1) is 6.92 Å². The highest BCUT2D eigenvalue weighted by Gasteiger charge is 2.24. The van der Waals surface area contributed by atoms with Crippen molar-refractivity contribution in [3.8, 4) is 0 Å². The molecule has 0 saturated heterocycles. The normalized spacial score (nSPS) is 14.5. The highest BCUT2D eigenvalue weighted by atomic mass is 79.9. The third kappa shape index (κ3) is 4.05. The summed E-state index contributed by atoms with van der Waals surface area (Å²) in [4.78, 5) is 12.1. The lowest BCUT2D eigenvalue weighted by Gasteiger charge is -2.11. The van der Waals surface area contributed by atoms with Gasteiger partial charge in [0, 0.05) is 29.8 Å². The summed E-state index contributed by atoms with van der Waals surface area (Å²) in [6, 6.07) is 4.31. The molecule has 19 heavy (non-hydrogen) atoms. The minimum Gasteiger partial charge on any atom is -0.385 e. The van der Waals surface area contributed by atoms with Crippen LogP contribution in [0.3, 0.4) is 0 Å². The number of aryl methyl sites for hydroxylation is 1. The zero-order chi connectivity index (χ0) is 13.8. The van der Waals surface area contributed by atoms with Crippen molar-refractivity contribution in [1.82, 2.24) is 5.32 Å². The van der Waals surface area contributed by atoms with E-state index in [2.05, 4.69) is 28.2 Å². The van der Waals surface area contributed by atoms with E-state index in [9.17, 15) is 4.79 Å². The SMILES string of the molecule is COCCCc1cc(C(=O)NC2CC2)cc(Br)c1C. The quantitative estimate of drug-likeness (QED) is 0.815. The Kier molecular flexibility index (Phi) is 4.99. The number of hydrogen-bond acceptors (Lipinski definition) is 2. The standard InChI is InChI=1S/C15H20BrNO2/c1-10-11(4-3-7-19-2)8-12(9-14(10)16)15(18)17-13-5-6-13/h8-9,13H,3-7H2,1-2H3,(H,17,18). The molecule has 104 valence electrons. The van der Waals surface area contributed by atoms with E-state index >= 15 is 0 Å². The number of ether oxygens (including phenoxy) is 1. The van der Waals surface area contributed by atoms with Gasteiger partial charge in [0.15, 0.2) is 0 Å². The van der Waals surface area contributed by atoms with Crippen LogP contribution < -0.4 is 5.32 Å². The fraction of sp³-hybridized carbons (Fsp3) is 0.533. The maximum Gasteiger partial charge on any atom is 0.251 e. The maximum atomic E-state index is 12.1. The van der Waals surface area contributed by atoms with E-state index < -0.39 is 0 Å². The van der Waals surface area contributed by atoms with E-state index in [4.69, 9.17) is 4.74 Å². The first kappa shape index (κ1) is 14.5. The molecule has 4 heteroatoms. The number of carbonyl (C=O) groups is 1. The summed E-state index contributed by atoms with van der Waals surface area (Å²) in [5.41, 5.74) is 3.17. The molecular weight excluding hydrogens is 306 g/mol. The molecule has 3 nitrogen and oxygen atoms in total. The van der Waals surface area contributed by atoms with E-state index in [0.717, 1.165) is 42.3 Å². The minimum absolute atomic E-state index is 0.0381. The fourth-order valence-electron chi connectivity index (χ4n) is 2.03. The van der Waals surface area contributed by atoms with Crippen LogP contribution >= 0.6 is 15.9 Å². The van der Waals surface area contributed by atoms with Crippen LogP contribution in [-0.2, 0) is 11.2 Å². The Balaban J connectivity index is 2.12. The molecule has 0 heterocycles. The molecule has 0 atom stereocenters. The van der Waals surface area contributed by atoms with E-state index in [-0.39, 0.29) is 5.91 Å². The molecule has 0 radical (unpaired) electrons. The lowest BCUT2D eigenvalue weighted by molar-refractivity contribution is 0.0951. The first-order valence-corrected chi connectivity index (χ1v) is 7.50. The average Bonchev–Trinajstić information content (AvgIpc) is 3.18. The first-order valence-electron chi connectivity index (χ1n) is 6.70. The summed E-state index contributed by atoms with van der Waals surface area (Å²) in [6.07, 6.45) is 4.12. The summed E-state index contributed by atoms with van der Waals surface area (Å²) in [5, 5.41) is 3.03. The molecule has 0 aromatic heterocycles. The van der Waals surface area contributed by atoms with Gasteiger partial charge >= 0.3 is 0 Å². The molecule has 1 aromatic rings. The molecule has 1 N–H and O–H groups in total. The molecule has 1 aliphatic rings. The number of carbonyl (C=O) groups excluding carboxylic acids is 1. The van der Waals surface area contributed by atoms with Crippen LogP contribution in [0.2, 0.25) is 0 Å². The Bertz CT molecular complexity index is 469. The molecule has 0 spiro atoms. The van der Waals surface area contributed by atoms with Crippen molar-refractivity contribution < 1.29 is 9.53 Å². The van der Waals surface area contributed by atoms with Gasteiger partial charge in [-0.15, -0.1) is 0 Å². The molecular formula is C15H20BrNO2. The average molecular weight is 326 g/mol. The predicted octanol–water partition coefficient (Wildman–Crippen LogP) is 3.23. The Labute approximate surface area is 122 Å². The Morgan fingerprint density at radius 1 is 1.47 bits per heavy atom. The summed E-state index contributed by atoms with van der Waals surface area (Å²) in [6.45, 7) is 2.82. The summed E-state index contributed by atoms with van der Waals surface area (Å²) < 4.78 is 6.08. The van der Waals surface area contributed by atoms with Gasteiger partial charge in [-0.3, -0.25) is 4.79 Å². The Morgan fingerprint density at radius 3 is 2.84 bits per heavy atom. The van der Waals surface area contributed by atoms with Crippen LogP contribution in [0.1, 0.15) is 40.7 Å². The lowest BCUT2D eigenvalue weighted by Crippen LogP contribution is -2.25. The summed E-state index contributed by atoms with van der Waals surface area (Å²) >= 11 is 3.54. The molecule has 1 saturated carbocycles. The van der Waals surface area contributed by atoms with Crippen molar-refractivity contribution in [1.29, 1.82) is 0 Å². The van der Waals surface area contributed by atoms with E-state index in [1.165, 1.54) is 11.1 Å². The molecule has 0 aliphatic heterocycles. The zero-order valence-corrected chi connectivity index (χ0v) is 13.0. The van der Waals surface area contributed by atoms with Gasteiger partial charge in [0.1, 0.15) is 0 Å². The molecule has 1 fully saturated rings. The van der Waals surface area contributed by atoms with Crippen LogP contribution in [0.4, 0.5) is 0 Å². The monoisotopic (exact) mass is 325 g/mol. The van der Waals surface area contributed by atoms with Gasteiger partial charge in [0.05, 0.1) is 0 Å². The second-order valence-corrected chi connectivity index (χ2v) is 5.94. The predicted molar refractivity (Wildman–Crippen MR) is 79.6 cm³/mol. The number of benzene rings is 1. The number of amides is 1. The third-order valence-corrected chi connectivity index (χ3v) is 4.24. The molecule has 1 aliphatic carbocycles. The van der Waals surface area contributed by atoms with Gasteiger partial charge in [-0.2, -0.15) is 0 Å². The maximum absolute atomic E-state index is 12.1. The smallest absolute Gasteiger partial charge is 0.251 e. The fourth-order valence-corrected chi connectivity index (χ4v) is 2.53. The summed E-state index contributed by atoms with van der Waals surface area (Å²) in [5.74, 6) is 0.0381. The minimum atomic E-state index is 0.0381. The molecule has 1 amide bonds. The van der Waals surface area contributed by atoms with Crippen LogP contribution in [0.5, 0.6) is 0 Å². The van der Waals surface area contributed by atoms with Crippen LogP contribution in [0.25, 0.3) is 0 Å². The van der Waals surface area contributed by atoms with Crippen molar-refractivity contribution in [2.24, 2.45) is 0 Å². The number of rotatable bonds is 6. The number of methoxy groups -OCH3 is 1. The molecule has 2 rings (SSSR count). The van der Waals surface area contributed by atoms with E-state index in [1.807, 2.05) is 12.1 Å².